The third-order valence-corrected chi connectivity index (χ3v) is 3.46. The standard InChI is InChI=1S/C15H9BrClNO/c16-13-9-10-8-11(17)6-7-14(10)18-15(13)19-12-4-2-1-3-5-12/h1-9H. The second kappa shape index (κ2) is 5.19. The van der Waals surface area contributed by atoms with Gasteiger partial charge in [-0.25, -0.2) is 4.98 Å². The van der Waals surface area contributed by atoms with Crippen molar-refractivity contribution < 1.29 is 4.74 Å². The molecule has 1 heterocycles. The summed E-state index contributed by atoms with van der Waals surface area (Å²) in [7, 11) is 0. The second-order valence-electron chi connectivity index (χ2n) is 4.03. The number of rotatable bonds is 2. The van der Waals surface area contributed by atoms with Gasteiger partial charge >= 0.3 is 0 Å². The Hall–Kier alpha value is -1.58. The molecule has 0 unspecified atom stereocenters. The van der Waals surface area contributed by atoms with Gasteiger partial charge in [-0.05, 0) is 52.3 Å². The lowest BCUT2D eigenvalue weighted by Crippen LogP contribution is -1.90. The predicted molar refractivity (Wildman–Crippen MR) is 81.0 cm³/mol. The van der Waals surface area contributed by atoms with E-state index in [4.69, 9.17) is 16.3 Å². The molecule has 3 rings (SSSR count). The Kier molecular flexibility index (Phi) is 3.40. The molecule has 0 saturated carbocycles. The van der Waals surface area contributed by atoms with Gasteiger partial charge in [0.1, 0.15) is 5.75 Å². The van der Waals surface area contributed by atoms with E-state index < -0.39 is 0 Å². The SMILES string of the molecule is Clc1ccc2nc(Oc3ccccc3)c(Br)cc2c1. The van der Waals surface area contributed by atoms with Crippen LogP contribution in [0.4, 0.5) is 0 Å². The molecule has 0 fully saturated rings. The average molecular weight is 335 g/mol. The first kappa shape index (κ1) is 12.5. The average Bonchev–Trinajstić information content (AvgIpc) is 2.41. The van der Waals surface area contributed by atoms with Crippen LogP contribution in [0, 0.1) is 0 Å². The smallest absolute Gasteiger partial charge is 0.234 e. The first-order valence-electron chi connectivity index (χ1n) is 5.71. The molecule has 4 heteroatoms. The molecule has 0 aliphatic carbocycles. The van der Waals surface area contributed by atoms with Crippen LogP contribution in [0.25, 0.3) is 10.9 Å². The lowest BCUT2D eigenvalue weighted by Gasteiger charge is -2.08. The summed E-state index contributed by atoms with van der Waals surface area (Å²) in [4.78, 5) is 4.48. The Morgan fingerprint density at radius 3 is 2.58 bits per heavy atom. The molecular weight excluding hydrogens is 326 g/mol. The number of aromatic nitrogens is 1. The van der Waals surface area contributed by atoms with Gasteiger partial charge in [0.05, 0.1) is 9.99 Å². The number of ether oxygens (including phenoxy) is 1. The van der Waals surface area contributed by atoms with Crippen LogP contribution in [-0.2, 0) is 0 Å². The highest BCUT2D eigenvalue weighted by atomic mass is 79.9. The number of hydrogen-bond donors (Lipinski definition) is 0. The fraction of sp³-hybridized carbons (Fsp3) is 0. The molecule has 2 aromatic carbocycles. The number of fused-ring (bicyclic) bond motifs is 1. The highest BCUT2D eigenvalue weighted by molar-refractivity contribution is 9.10. The molecular formula is C15H9BrClNO. The van der Waals surface area contributed by atoms with Gasteiger partial charge in [0.2, 0.25) is 5.88 Å². The quantitative estimate of drug-likeness (QED) is 0.622. The Bertz CT molecular complexity index is 731. The van der Waals surface area contributed by atoms with Gasteiger partial charge in [0.15, 0.2) is 0 Å². The Morgan fingerprint density at radius 2 is 1.79 bits per heavy atom. The topological polar surface area (TPSA) is 22.1 Å². The van der Waals surface area contributed by atoms with Gasteiger partial charge in [-0.1, -0.05) is 29.8 Å². The fourth-order valence-corrected chi connectivity index (χ4v) is 2.37. The van der Waals surface area contributed by atoms with Crippen molar-refractivity contribution in [3.05, 3.63) is 64.1 Å². The summed E-state index contributed by atoms with van der Waals surface area (Å²) in [5, 5.41) is 1.66. The number of halogens is 2. The maximum Gasteiger partial charge on any atom is 0.234 e. The summed E-state index contributed by atoms with van der Waals surface area (Å²) in [5.41, 5.74) is 0.846. The van der Waals surface area contributed by atoms with E-state index in [0.717, 1.165) is 21.1 Å². The van der Waals surface area contributed by atoms with Crippen molar-refractivity contribution in [1.82, 2.24) is 4.98 Å². The molecule has 0 bridgehead atoms. The van der Waals surface area contributed by atoms with E-state index in [9.17, 15) is 0 Å². The summed E-state index contributed by atoms with van der Waals surface area (Å²) < 4.78 is 6.55. The van der Waals surface area contributed by atoms with Crippen LogP contribution in [0.2, 0.25) is 5.02 Å². The molecule has 0 aliphatic rings. The number of pyridine rings is 1. The number of nitrogens with zero attached hydrogens (tertiary/aromatic N) is 1. The van der Waals surface area contributed by atoms with Crippen molar-refractivity contribution >= 4 is 38.4 Å². The van der Waals surface area contributed by atoms with Crippen LogP contribution < -0.4 is 4.74 Å². The highest BCUT2D eigenvalue weighted by Crippen LogP contribution is 2.31. The van der Waals surface area contributed by atoms with Crippen molar-refractivity contribution in [2.45, 2.75) is 0 Å². The van der Waals surface area contributed by atoms with E-state index in [2.05, 4.69) is 20.9 Å². The van der Waals surface area contributed by atoms with Crippen LogP contribution in [0.5, 0.6) is 11.6 Å². The molecule has 0 saturated heterocycles. The summed E-state index contributed by atoms with van der Waals surface area (Å²) in [6.07, 6.45) is 0. The van der Waals surface area contributed by atoms with Crippen molar-refractivity contribution in [1.29, 1.82) is 0 Å². The van der Waals surface area contributed by atoms with Gasteiger partial charge in [0.25, 0.3) is 0 Å². The van der Waals surface area contributed by atoms with Crippen LogP contribution in [0.15, 0.2) is 59.1 Å². The summed E-state index contributed by atoms with van der Waals surface area (Å²) in [6.45, 7) is 0. The van der Waals surface area contributed by atoms with Crippen molar-refractivity contribution in [2.75, 3.05) is 0 Å². The first-order chi connectivity index (χ1) is 9.22. The predicted octanol–water partition coefficient (Wildman–Crippen LogP) is 5.44. The molecule has 0 spiro atoms. The van der Waals surface area contributed by atoms with Crippen molar-refractivity contribution in [3.8, 4) is 11.6 Å². The third kappa shape index (κ3) is 2.72. The minimum absolute atomic E-state index is 0.543. The van der Waals surface area contributed by atoms with E-state index in [-0.39, 0.29) is 0 Å². The fourth-order valence-electron chi connectivity index (χ4n) is 1.78. The van der Waals surface area contributed by atoms with E-state index >= 15 is 0 Å². The Morgan fingerprint density at radius 1 is 1.00 bits per heavy atom. The lowest BCUT2D eigenvalue weighted by atomic mass is 10.2. The molecule has 2 nitrogen and oxygen atoms in total. The van der Waals surface area contributed by atoms with Gasteiger partial charge in [-0.2, -0.15) is 0 Å². The molecule has 1 aromatic heterocycles. The zero-order chi connectivity index (χ0) is 13.2. The van der Waals surface area contributed by atoms with Crippen LogP contribution in [0.1, 0.15) is 0 Å². The van der Waals surface area contributed by atoms with Gasteiger partial charge in [-0.15, -0.1) is 0 Å². The van der Waals surface area contributed by atoms with E-state index in [1.54, 1.807) is 0 Å². The monoisotopic (exact) mass is 333 g/mol. The highest BCUT2D eigenvalue weighted by Gasteiger charge is 2.07. The molecule has 3 aromatic rings. The van der Waals surface area contributed by atoms with Gasteiger partial charge in [-0.3, -0.25) is 0 Å². The van der Waals surface area contributed by atoms with Gasteiger partial charge in [0, 0.05) is 10.4 Å². The largest absolute Gasteiger partial charge is 0.438 e. The van der Waals surface area contributed by atoms with Crippen molar-refractivity contribution in [3.63, 3.8) is 0 Å². The van der Waals surface area contributed by atoms with Crippen LogP contribution >= 0.6 is 27.5 Å². The summed E-state index contributed by atoms with van der Waals surface area (Å²) >= 11 is 9.44. The molecule has 0 N–H and O–H groups in total. The molecule has 0 amide bonds. The Labute approximate surface area is 124 Å². The molecule has 0 radical (unpaired) electrons. The lowest BCUT2D eigenvalue weighted by molar-refractivity contribution is 0.462. The zero-order valence-electron chi connectivity index (χ0n) is 9.81. The van der Waals surface area contributed by atoms with Crippen LogP contribution in [-0.4, -0.2) is 4.98 Å². The number of benzene rings is 2. The van der Waals surface area contributed by atoms with Crippen molar-refractivity contribution in [2.24, 2.45) is 0 Å². The van der Waals surface area contributed by atoms with E-state index in [0.29, 0.717) is 10.9 Å². The zero-order valence-corrected chi connectivity index (χ0v) is 12.1. The molecule has 94 valence electrons. The Balaban J connectivity index is 2.04. The second-order valence-corrected chi connectivity index (χ2v) is 5.32. The minimum Gasteiger partial charge on any atom is -0.438 e. The molecule has 0 atom stereocenters. The van der Waals surface area contributed by atoms with Crippen LogP contribution in [0.3, 0.4) is 0 Å². The van der Waals surface area contributed by atoms with E-state index in [1.165, 1.54) is 0 Å². The number of para-hydroxylation sites is 1. The molecule has 0 aliphatic heterocycles. The summed E-state index contributed by atoms with van der Waals surface area (Å²) in [5.74, 6) is 1.30. The van der Waals surface area contributed by atoms with Gasteiger partial charge < -0.3 is 4.74 Å². The normalized spacial score (nSPS) is 10.6. The van der Waals surface area contributed by atoms with E-state index in [1.807, 2.05) is 54.6 Å². The maximum atomic E-state index is 5.97. The molecule has 19 heavy (non-hydrogen) atoms. The maximum absolute atomic E-state index is 5.97. The summed E-state index contributed by atoms with van der Waals surface area (Å²) in [6, 6.07) is 17.1. The third-order valence-electron chi connectivity index (χ3n) is 2.66. The first-order valence-corrected chi connectivity index (χ1v) is 6.88. The number of hydrogen-bond acceptors (Lipinski definition) is 2. The minimum atomic E-state index is 0.543.